The number of pyridine rings is 1. The van der Waals surface area contributed by atoms with Crippen LogP contribution in [0.3, 0.4) is 0 Å². The number of hydrogen-bond donors (Lipinski definition) is 1. The number of carboxylic acid groups (broad SMARTS) is 1. The molecule has 0 fully saturated rings. The van der Waals surface area contributed by atoms with E-state index in [0.717, 1.165) is 12.1 Å². The molecule has 0 atom stereocenters. The van der Waals surface area contributed by atoms with Gasteiger partial charge in [-0.15, -0.1) is 0 Å². The molecule has 0 unspecified atom stereocenters. The third kappa shape index (κ3) is 2.37. The molecule has 1 heterocycles. The fourth-order valence-electron chi connectivity index (χ4n) is 1.70. The van der Waals surface area contributed by atoms with Crippen molar-refractivity contribution in [2.75, 3.05) is 7.11 Å². The average molecular weight is 265 g/mol. The van der Waals surface area contributed by atoms with Gasteiger partial charge in [0.15, 0.2) is 5.69 Å². The van der Waals surface area contributed by atoms with Crippen molar-refractivity contribution in [2.24, 2.45) is 0 Å². The second-order valence-corrected chi connectivity index (χ2v) is 3.67. The molecule has 2 rings (SSSR count). The number of carboxylic acids is 1. The molecular weight excluding hydrogens is 256 g/mol. The smallest absolute Gasteiger partial charge is 0.355 e. The van der Waals surface area contributed by atoms with Gasteiger partial charge in [-0.3, -0.25) is 0 Å². The quantitative estimate of drug-likeness (QED) is 0.927. The fourth-order valence-corrected chi connectivity index (χ4v) is 1.70. The van der Waals surface area contributed by atoms with E-state index >= 15 is 0 Å². The lowest BCUT2D eigenvalue weighted by molar-refractivity contribution is 0.0691. The van der Waals surface area contributed by atoms with Crippen molar-refractivity contribution in [3.63, 3.8) is 0 Å². The van der Waals surface area contributed by atoms with Crippen molar-refractivity contribution in [3.05, 3.63) is 47.8 Å². The van der Waals surface area contributed by atoms with Crippen LogP contribution in [0.1, 0.15) is 10.5 Å². The minimum Gasteiger partial charge on any atom is -0.497 e. The topological polar surface area (TPSA) is 59.4 Å². The van der Waals surface area contributed by atoms with Crippen molar-refractivity contribution in [1.29, 1.82) is 0 Å². The maximum atomic E-state index is 13.9. The number of aromatic nitrogens is 1. The number of aromatic carboxylic acids is 1. The summed E-state index contributed by atoms with van der Waals surface area (Å²) in [5.41, 5.74) is -0.968. The molecule has 0 radical (unpaired) electrons. The Morgan fingerprint density at radius 1 is 1.32 bits per heavy atom. The van der Waals surface area contributed by atoms with Gasteiger partial charge in [-0.25, -0.2) is 18.6 Å². The lowest BCUT2D eigenvalue weighted by atomic mass is 10.0. The van der Waals surface area contributed by atoms with Crippen molar-refractivity contribution in [1.82, 2.24) is 4.98 Å². The summed E-state index contributed by atoms with van der Waals surface area (Å²) in [5.74, 6) is -3.16. The summed E-state index contributed by atoms with van der Waals surface area (Å²) < 4.78 is 32.5. The first-order valence-corrected chi connectivity index (χ1v) is 5.26. The number of methoxy groups -OCH3 is 1. The summed E-state index contributed by atoms with van der Waals surface area (Å²) >= 11 is 0. The Morgan fingerprint density at radius 2 is 1.95 bits per heavy atom. The van der Waals surface area contributed by atoms with Crippen molar-refractivity contribution in [2.45, 2.75) is 0 Å². The summed E-state index contributed by atoms with van der Waals surface area (Å²) in [6.07, 6.45) is 1.24. The third-order valence-electron chi connectivity index (χ3n) is 2.53. The van der Waals surface area contributed by atoms with Crippen molar-refractivity contribution in [3.8, 4) is 16.9 Å². The number of ether oxygens (including phenoxy) is 1. The zero-order valence-electron chi connectivity index (χ0n) is 9.85. The van der Waals surface area contributed by atoms with Crippen molar-refractivity contribution < 1.29 is 23.4 Å². The molecule has 0 aliphatic heterocycles. The minimum atomic E-state index is -1.36. The van der Waals surface area contributed by atoms with E-state index < -0.39 is 28.9 Å². The van der Waals surface area contributed by atoms with Crippen LogP contribution in [0.4, 0.5) is 8.78 Å². The normalized spacial score (nSPS) is 10.3. The second-order valence-electron chi connectivity index (χ2n) is 3.67. The van der Waals surface area contributed by atoms with E-state index in [-0.39, 0.29) is 11.3 Å². The Kier molecular flexibility index (Phi) is 3.41. The zero-order valence-corrected chi connectivity index (χ0v) is 9.85. The van der Waals surface area contributed by atoms with Crippen LogP contribution in [0.2, 0.25) is 0 Å². The predicted molar refractivity (Wildman–Crippen MR) is 63.1 cm³/mol. The summed E-state index contributed by atoms with van der Waals surface area (Å²) in [6.45, 7) is 0. The first-order valence-electron chi connectivity index (χ1n) is 5.26. The van der Waals surface area contributed by atoms with Crippen LogP contribution in [0.5, 0.6) is 5.75 Å². The first-order chi connectivity index (χ1) is 9.04. The number of carbonyl (C=O) groups is 1. The van der Waals surface area contributed by atoms with E-state index in [1.807, 2.05) is 0 Å². The van der Waals surface area contributed by atoms with E-state index in [1.54, 1.807) is 0 Å². The van der Waals surface area contributed by atoms with Gasteiger partial charge in [-0.1, -0.05) is 6.07 Å². The second kappa shape index (κ2) is 5.01. The van der Waals surface area contributed by atoms with Gasteiger partial charge in [0.25, 0.3) is 0 Å². The Labute approximate surface area is 107 Å². The molecule has 1 aromatic heterocycles. The monoisotopic (exact) mass is 265 g/mol. The molecule has 0 aliphatic carbocycles. The van der Waals surface area contributed by atoms with Gasteiger partial charge in [0.1, 0.15) is 17.4 Å². The van der Waals surface area contributed by atoms with Gasteiger partial charge >= 0.3 is 5.97 Å². The van der Waals surface area contributed by atoms with Crippen LogP contribution in [-0.4, -0.2) is 23.2 Å². The van der Waals surface area contributed by atoms with Gasteiger partial charge in [0, 0.05) is 23.9 Å². The van der Waals surface area contributed by atoms with Crippen LogP contribution in [0, 0.1) is 11.6 Å². The van der Waals surface area contributed by atoms with E-state index in [9.17, 15) is 13.6 Å². The van der Waals surface area contributed by atoms with E-state index in [0.29, 0.717) is 0 Å². The molecular formula is C13H9F2NO3. The molecule has 0 saturated heterocycles. The highest BCUT2D eigenvalue weighted by atomic mass is 19.1. The maximum absolute atomic E-state index is 13.9. The number of benzene rings is 1. The lowest BCUT2D eigenvalue weighted by Crippen LogP contribution is -2.04. The molecule has 0 bridgehead atoms. The molecule has 98 valence electrons. The Bertz CT molecular complexity index is 621. The highest BCUT2D eigenvalue weighted by molar-refractivity contribution is 5.94. The van der Waals surface area contributed by atoms with Gasteiger partial charge in [-0.05, 0) is 6.07 Å². The van der Waals surface area contributed by atoms with Gasteiger partial charge in [0.05, 0.1) is 12.7 Å². The largest absolute Gasteiger partial charge is 0.497 e. The molecule has 0 amide bonds. The van der Waals surface area contributed by atoms with Crippen LogP contribution in [0.25, 0.3) is 11.1 Å². The molecule has 4 nitrogen and oxygen atoms in total. The SMILES string of the molecule is COc1cc(F)c(-c2cccnc2C(=O)O)c(F)c1. The third-order valence-corrected chi connectivity index (χ3v) is 2.53. The summed E-state index contributed by atoms with van der Waals surface area (Å²) in [7, 11) is 1.28. The number of halogens is 2. The summed E-state index contributed by atoms with van der Waals surface area (Å²) in [6, 6.07) is 4.67. The molecule has 19 heavy (non-hydrogen) atoms. The Balaban J connectivity index is 2.69. The number of rotatable bonds is 3. The standard InChI is InChI=1S/C13H9F2NO3/c1-19-7-5-9(14)11(10(15)6-7)8-3-2-4-16-12(8)13(17)18/h2-6H,1H3,(H,17,18). The summed E-state index contributed by atoms with van der Waals surface area (Å²) in [4.78, 5) is 14.6. The molecule has 1 aromatic carbocycles. The van der Waals surface area contributed by atoms with Crippen LogP contribution in [-0.2, 0) is 0 Å². The molecule has 0 aliphatic rings. The van der Waals surface area contributed by atoms with Gasteiger partial charge < -0.3 is 9.84 Å². The van der Waals surface area contributed by atoms with Gasteiger partial charge in [0.2, 0.25) is 0 Å². The van der Waals surface area contributed by atoms with E-state index in [2.05, 4.69) is 4.98 Å². The van der Waals surface area contributed by atoms with Crippen LogP contribution < -0.4 is 4.74 Å². The molecule has 0 saturated carbocycles. The predicted octanol–water partition coefficient (Wildman–Crippen LogP) is 2.73. The molecule has 1 N–H and O–H groups in total. The minimum absolute atomic E-state index is 0.0134. The summed E-state index contributed by atoms with van der Waals surface area (Å²) in [5, 5.41) is 8.98. The highest BCUT2D eigenvalue weighted by Crippen LogP contribution is 2.31. The lowest BCUT2D eigenvalue weighted by Gasteiger charge is -2.09. The van der Waals surface area contributed by atoms with Gasteiger partial charge in [-0.2, -0.15) is 0 Å². The van der Waals surface area contributed by atoms with Crippen LogP contribution >= 0.6 is 0 Å². The fraction of sp³-hybridized carbons (Fsp3) is 0.0769. The molecule has 6 heteroatoms. The Morgan fingerprint density at radius 3 is 2.47 bits per heavy atom. The average Bonchev–Trinajstić information content (AvgIpc) is 2.38. The van der Waals surface area contributed by atoms with Crippen LogP contribution in [0.15, 0.2) is 30.5 Å². The maximum Gasteiger partial charge on any atom is 0.355 e. The molecule has 0 spiro atoms. The first kappa shape index (κ1) is 12.9. The molecule has 2 aromatic rings. The van der Waals surface area contributed by atoms with E-state index in [1.165, 1.54) is 25.4 Å². The number of hydrogen-bond acceptors (Lipinski definition) is 3. The van der Waals surface area contributed by atoms with Crippen molar-refractivity contribution >= 4 is 5.97 Å². The highest BCUT2D eigenvalue weighted by Gasteiger charge is 2.20. The zero-order chi connectivity index (χ0) is 14.0. The number of nitrogens with zero attached hydrogens (tertiary/aromatic N) is 1. The Hall–Kier alpha value is -2.50. The van der Waals surface area contributed by atoms with E-state index in [4.69, 9.17) is 9.84 Å².